The first-order chi connectivity index (χ1) is 6.56. The van der Waals surface area contributed by atoms with E-state index in [9.17, 15) is 0 Å². The van der Waals surface area contributed by atoms with Crippen LogP contribution in [0.1, 0.15) is 36.5 Å². The Bertz CT molecular complexity index is 302. The summed E-state index contributed by atoms with van der Waals surface area (Å²) in [7, 11) is 0. The Balaban J connectivity index is 3.04. The third-order valence-electron chi connectivity index (χ3n) is 2.80. The minimum absolute atomic E-state index is 0.635. The van der Waals surface area contributed by atoms with Crippen LogP contribution in [0.3, 0.4) is 0 Å². The lowest BCUT2D eigenvalue weighted by Crippen LogP contribution is -2.09. The molecular weight excluding hydrogens is 236 g/mol. The first-order valence-electron chi connectivity index (χ1n) is 5.19. The van der Waals surface area contributed by atoms with Gasteiger partial charge in [0.1, 0.15) is 0 Å². The third-order valence-corrected chi connectivity index (χ3v) is 3.49. The van der Waals surface area contributed by atoms with Gasteiger partial charge in [-0.15, -0.1) is 0 Å². The molecule has 1 aromatic carbocycles. The Hall–Kier alpha value is -0.300. The van der Waals surface area contributed by atoms with Gasteiger partial charge in [-0.1, -0.05) is 53.5 Å². The van der Waals surface area contributed by atoms with E-state index < -0.39 is 0 Å². The molecule has 0 aliphatic heterocycles. The highest BCUT2D eigenvalue weighted by molar-refractivity contribution is 9.09. The van der Waals surface area contributed by atoms with Gasteiger partial charge in [0.15, 0.2) is 0 Å². The Morgan fingerprint density at radius 1 is 1.21 bits per heavy atom. The van der Waals surface area contributed by atoms with Gasteiger partial charge in [-0.25, -0.2) is 0 Å². The van der Waals surface area contributed by atoms with E-state index >= 15 is 0 Å². The smallest absolute Gasteiger partial charge is 0.0103 e. The molecule has 0 fully saturated rings. The van der Waals surface area contributed by atoms with Crippen LogP contribution in [0.4, 0.5) is 0 Å². The standard InChI is InChI=1S/C13H19Br/c1-9(2)13(8-14)12-6-5-10(3)7-11(12)4/h5-7,9,13H,8H2,1-4H3. The molecular formula is C13H19Br. The molecule has 14 heavy (non-hydrogen) atoms. The molecule has 0 spiro atoms. The maximum absolute atomic E-state index is 3.61. The number of rotatable bonds is 3. The summed E-state index contributed by atoms with van der Waals surface area (Å²) in [5.74, 6) is 1.33. The van der Waals surface area contributed by atoms with Crippen molar-refractivity contribution in [1.29, 1.82) is 0 Å². The molecule has 1 heteroatoms. The molecule has 0 nitrogen and oxygen atoms in total. The second kappa shape index (κ2) is 4.97. The number of halogens is 1. The van der Waals surface area contributed by atoms with Crippen molar-refractivity contribution >= 4 is 15.9 Å². The molecule has 0 amide bonds. The molecule has 1 atom stereocenters. The van der Waals surface area contributed by atoms with Gasteiger partial charge in [0.25, 0.3) is 0 Å². The van der Waals surface area contributed by atoms with E-state index in [4.69, 9.17) is 0 Å². The Kier molecular flexibility index (Phi) is 4.18. The summed E-state index contributed by atoms with van der Waals surface area (Å²) in [6.45, 7) is 8.92. The van der Waals surface area contributed by atoms with E-state index in [0.29, 0.717) is 11.8 Å². The van der Waals surface area contributed by atoms with Crippen molar-refractivity contribution < 1.29 is 0 Å². The molecule has 1 aromatic rings. The topological polar surface area (TPSA) is 0 Å². The molecule has 1 rings (SSSR count). The Labute approximate surface area is 95.9 Å². The van der Waals surface area contributed by atoms with Crippen LogP contribution in [-0.4, -0.2) is 5.33 Å². The minimum Gasteiger partial charge on any atom is -0.0921 e. The van der Waals surface area contributed by atoms with Gasteiger partial charge in [-0.05, 0) is 36.8 Å². The van der Waals surface area contributed by atoms with E-state index in [-0.39, 0.29) is 0 Å². The van der Waals surface area contributed by atoms with Gasteiger partial charge < -0.3 is 0 Å². The number of hydrogen-bond acceptors (Lipinski definition) is 0. The Morgan fingerprint density at radius 2 is 1.86 bits per heavy atom. The van der Waals surface area contributed by atoms with E-state index in [1.54, 1.807) is 0 Å². The summed E-state index contributed by atoms with van der Waals surface area (Å²) >= 11 is 3.61. The van der Waals surface area contributed by atoms with Crippen molar-refractivity contribution in [3.8, 4) is 0 Å². The largest absolute Gasteiger partial charge is 0.0921 e. The molecule has 0 aliphatic rings. The predicted octanol–water partition coefficient (Wildman–Crippen LogP) is 4.44. The average Bonchev–Trinajstić information content (AvgIpc) is 2.09. The second-order valence-corrected chi connectivity index (χ2v) is 5.01. The average molecular weight is 255 g/mol. The second-order valence-electron chi connectivity index (χ2n) is 4.36. The van der Waals surface area contributed by atoms with Crippen LogP contribution in [0.2, 0.25) is 0 Å². The van der Waals surface area contributed by atoms with Gasteiger partial charge in [-0.3, -0.25) is 0 Å². The van der Waals surface area contributed by atoms with Crippen molar-refractivity contribution in [2.24, 2.45) is 5.92 Å². The molecule has 0 saturated carbocycles. The molecule has 0 saturated heterocycles. The lowest BCUT2D eigenvalue weighted by atomic mass is 9.87. The number of alkyl halides is 1. The summed E-state index contributed by atoms with van der Waals surface area (Å²) in [6, 6.07) is 6.75. The monoisotopic (exact) mass is 254 g/mol. The lowest BCUT2D eigenvalue weighted by molar-refractivity contribution is 0.542. The van der Waals surface area contributed by atoms with Gasteiger partial charge in [0.2, 0.25) is 0 Å². The zero-order chi connectivity index (χ0) is 10.7. The van der Waals surface area contributed by atoms with E-state index in [0.717, 1.165) is 5.33 Å². The predicted molar refractivity (Wildman–Crippen MR) is 67.3 cm³/mol. The zero-order valence-electron chi connectivity index (χ0n) is 9.47. The maximum Gasteiger partial charge on any atom is 0.0103 e. The first kappa shape index (κ1) is 11.8. The maximum atomic E-state index is 3.61. The van der Waals surface area contributed by atoms with Gasteiger partial charge in [0, 0.05) is 5.33 Å². The molecule has 0 N–H and O–H groups in total. The van der Waals surface area contributed by atoms with Crippen LogP contribution in [0, 0.1) is 19.8 Å². The fraction of sp³-hybridized carbons (Fsp3) is 0.538. The van der Waals surface area contributed by atoms with Crippen LogP contribution in [0.15, 0.2) is 18.2 Å². The van der Waals surface area contributed by atoms with Crippen molar-refractivity contribution in [2.45, 2.75) is 33.6 Å². The number of aryl methyl sites for hydroxylation is 2. The van der Waals surface area contributed by atoms with Crippen LogP contribution >= 0.6 is 15.9 Å². The number of benzene rings is 1. The summed E-state index contributed by atoms with van der Waals surface area (Å²) in [5, 5.41) is 1.05. The molecule has 78 valence electrons. The molecule has 0 aromatic heterocycles. The van der Waals surface area contributed by atoms with Crippen LogP contribution in [-0.2, 0) is 0 Å². The summed E-state index contributed by atoms with van der Waals surface area (Å²) in [5.41, 5.74) is 4.26. The lowest BCUT2D eigenvalue weighted by Gasteiger charge is -2.21. The highest BCUT2D eigenvalue weighted by atomic mass is 79.9. The van der Waals surface area contributed by atoms with Gasteiger partial charge >= 0.3 is 0 Å². The van der Waals surface area contributed by atoms with E-state index in [1.165, 1.54) is 16.7 Å². The van der Waals surface area contributed by atoms with Crippen molar-refractivity contribution in [1.82, 2.24) is 0 Å². The zero-order valence-corrected chi connectivity index (χ0v) is 11.1. The van der Waals surface area contributed by atoms with E-state index in [1.807, 2.05) is 0 Å². The highest BCUT2D eigenvalue weighted by Crippen LogP contribution is 2.29. The molecule has 0 bridgehead atoms. The molecule has 1 unspecified atom stereocenters. The number of hydrogen-bond donors (Lipinski definition) is 0. The normalized spacial score (nSPS) is 13.3. The quantitative estimate of drug-likeness (QED) is 0.700. The summed E-state index contributed by atoms with van der Waals surface area (Å²) < 4.78 is 0. The minimum atomic E-state index is 0.635. The summed E-state index contributed by atoms with van der Waals surface area (Å²) in [4.78, 5) is 0. The van der Waals surface area contributed by atoms with Gasteiger partial charge in [0.05, 0.1) is 0 Å². The molecule has 0 heterocycles. The van der Waals surface area contributed by atoms with Gasteiger partial charge in [-0.2, -0.15) is 0 Å². The van der Waals surface area contributed by atoms with Crippen molar-refractivity contribution in [3.05, 3.63) is 34.9 Å². The first-order valence-corrected chi connectivity index (χ1v) is 6.31. The van der Waals surface area contributed by atoms with Crippen molar-refractivity contribution in [2.75, 3.05) is 5.33 Å². The highest BCUT2D eigenvalue weighted by Gasteiger charge is 2.15. The fourth-order valence-electron chi connectivity index (χ4n) is 1.86. The van der Waals surface area contributed by atoms with Crippen LogP contribution in [0.5, 0.6) is 0 Å². The SMILES string of the molecule is Cc1ccc(C(CBr)C(C)C)c(C)c1. The third kappa shape index (κ3) is 2.60. The summed E-state index contributed by atoms with van der Waals surface area (Å²) in [6.07, 6.45) is 0. The Morgan fingerprint density at radius 3 is 2.29 bits per heavy atom. The molecule has 0 radical (unpaired) electrons. The van der Waals surface area contributed by atoms with Crippen LogP contribution < -0.4 is 0 Å². The van der Waals surface area contributed by atoms with Crippen molar-refractivity contribution in [3.63, 3.8) is 0 Å². The van der Waals surface area contributed by atoms with Crippen LogP contribution in [0.25, 0.3) is 0 Å². The molecule has 0 aliphatic carbocycles. The fourth-order valence-corrected chi connectivity index (χ4v) is 2.96. The van der Waals surface area contributed by atoms with E-state index in [2.05, 4.69) is 61.8 Å².